The zero-order valence-corrected chi connectivity index (χ0v) is 12.6. The molecule has 1 aromatic carbocycles. The number of aromatic nitrogens is 2. The molecule has 104 valence electrons. The molecule has 2 aliphatic rings. The maximum absolute atomic E-state index is 4.70. The quantitative estimate of drug-likeness (QED) is 0.701. The van der Waals surface area contributed by atoms with Crippen LogP contribution >= 0.6 is 0 Å². The van der Waals surface area contributed by atoms with Crippen molar-refractivity contribution in [3.63, 3.8) is 0 Å². The number of hydrogen-bond acceptors (Lipinski definition) is 2. The standard InChI is InChI=1S/C18H22N2/c1-10-4-7-14-12(3)17-18(20-9-8-19-17)15-11(2)5-6-13(10)16(14)15/h8-11,13H,4-7H2,1-3H3/t10-,11-,13+/m0/s1. The van der Waals surface area contributed by atoms with Crippen molar-refractivity contribution < 1.29 is 0 Å². The fraction of sp³-hybridized carbons (Fsp3) is 0.556. The smallest absolute Gasteiger partial charge is 0.0927 e. The van der Waals surface area contributed by atoms with Gasteiger partial charge in [0.25, 0.3) is 0 Å². The summed E-state index contributed by atoms with van der Waals surface area (Å²) in [5, 5.41) is 0. The van der Waals surface area contributed by atoms with Gasteiger partial charge in [0.1, 0.15) is 0 Å². The molecular weight excluding hydrogens is 244 g/mol. The lowest BCUT2D eigenvalue weighted by Gasteiger charge is -2.40. The van der Waals surface area contributed by atoms with Gasteiger partial charge in [-0.1, -0.05) is 13.8 Å². The molecule has 2 aromatic rings. The maximum atomic E-state index is 4.70. The molecular formula is C18H22N2. The number of benzene rings is 1. The van der Waals surface area contributed by atoms with Crippen LogP contribution in [0.1, 0.15) is 67.2 Å². The molecule has 2 nitrogen and oxygen atoms in total. The van der Waals surface area contributed by atoms with Crippen LogP contribution in [0.5, 0.6) is 0 Å². The minimum atomic E-state index is 0.630. The van der Waals surface area contributed by atoms with Crippen LogP contribution in [0.2, 0.25) is 0 Å². The Morgan fingerprint density at radius 1 is 0.950 bits per heavy atom. The van der Waals surface area contributed by atoms with Crippen LogP contribution in [0.25, 0.3) is 11.0 Å². The first-order chi connectivity index (χ1) is 9.68. The SMILES string of the molecule is Cc1c2c3c(c4nccnc14)[C@@H](C)CC[C@@H]3[C@@H](C)CC2. The number of hydrogen-bond donors (Lipinski definition) is 0. The topological polar surface area (TPSA) is 25.8 Å². The molecule has 0 saturated heterocycles. The molecule has 20 heavy (non-hydrogen) atoms. The van der Waals surface area contributed by atoms with Crippen molar-refractivity contribution in [2.45, 2.75) is 58.3 Å². The molecule has 0 unspecified atom stereocenters. The summed E-state index contributed by atoms with van der Waals surface area (Å²) in [4.78, 5) is 9.34. The largest absolute Gasteiger partial charge is 0.253 e. The van der Waals surface area contributed by atoms with Gasteiger partial charge in [-0.25, -0.2) is 0 Å². The molecule has 1 heterocycles. The molecule has 0 amide bonds. The van der Waals surface area contributed by atoms with E-state index in [1.54, 1.807) is 11.1 Å². The van der Waals surface area contributed by atoms with Gasteiger partial charge in [-0.3, -0.25) is 9.97 Å². The highest BCUT2D eigenvalue weighted by atomic mass is 14.8. The van der Waals surface area contributed by atoms with Gasteiger partial charge in [-0.15, -0.1) is 0 Å². The van der Waals surface area contributed by atoms with E-state index in [1.165, 1.54) is 42.3 Å². The van der Waals surface area contributed by atoms with Crippen LogP contribution in [0.3, 0.4) is 0 Å². The summed E-state index contributed by atoms with van der Waals surface area (Å²) in [5.74, 6) is 2.21. The Morgan fingerprint density at radius 3 is 2.50 bits per heavy atom. The van der Waals surface area contributed by atoms with E-state index in [0.29, 0.717) is 5.92 Å². The lowest BCUT2D eigenvalue weighted by Crippen LogP contribution is -2.26. The van der Waals surface area contributed by atoms with E-state index in [1.807, 2.05) is 12.4 Å². The molecule has 2 heteroatoms. The van der Waals surface area contributed by atoms with Gasteiger partial charge in [0, 0.05) is 12.4 Å². The second-order valence-corrected chi connectivity index (χ2v) is 6.79. The van der Waals surface area contributed by atoms with Crippen molar-refractivity contribution in [2.75, 3.05) is 0 Å². The van der Waals surface area contributed by atoms with Crippen LogP contribution in [0.4, 0.5) is 0 Å². The molecule has 0 spiro atoms. The van der Waals surface area contributed by atoms with Crippen LogP contribution in [-0.4, -0.2) is 9.97 Å². The number of fused-ring (bicyclic) bond motifs is 2. The first kappa shape index (κ1) is 12.3. The third-order valence-corrected chi connectivity index (χ3v) is 5.69. The average Bonchev–Trinajstić information content (AvgIpc) is 2.47. The van der Waals surface area contributed by atoms with Gasteiger partial charge in [0.2, 0.25) is 0 Å². The van der Waals surface area contributed by atoms with E-state index in [9.17, 15) is 0 Å². The first-order valence-electron chi connectivity index (χ1n) is 7.94. The summed E-state index contributed by atoms with van der Waals surface area (Å²) in [7, 11) is 0. The van der Waals surface area contributed by atoms with Crippen LogP contribution in [-0.2, 0) is 6.42 Å². The third-order valence-electron chi connectivity index (χ3n) is 5.69. The van der Waals surface area contributed by atoms with Crippen molar-refractivity contribution in [3.8, 4) is 0 Å². The average molecular weight is 266 g/mol. The molecule has 0 bridgehead atoms. The summed E-state index contributed by atoms with van der Waals surface area (Å²) in [6.07, 6.45) is 8.91. The molecule has 0 radical (unpaired) electrons. The predicted molar refractivity (Wildman–Crippen MR) is 82.2 cm³/mol. The normalized spacial score (nSPS) is 28.4. The molecule has 0 saturated carbocycles. The molecule has 3 atom stereocenters. The lowest BCUT2D eigenvalue weighted by atomic mass is 9.65. The lowest BCUT2D eigenvalue weighted by molar-refractivity contribution is 0.347. The highest BCUT2D eigenvalue weighted by Gasteiger charge is 2.36. The molecule has 0 N–H and O–H groups in total. The predicted octanol–water partition coefficient (Wildman–Crippen LogP) is 4.50. The Labute approximate surface area is 120 Å². The van der Waals surface area contributed by atoms with Crippen LogP contribution in [0.15, 0.2) is 12.4 Å². The molecule has 4 rings (SSSR count). The maximum Gasteiger partial charge on any atom is 0.0927 e. The van der Waals surface area contributed by atoms with Gasteiger partial charge < -0.3 is 0 Å². The Balaban J connectivity index is 2.14. The van der Waals surface area contributed by atoms with E-state index in [0.717, 1.165) is 17.4 Å². The van der Waals surface area contributed by atoms with E-state index in [-0.39, 0.29) is 0 Å². The Hall–Kier alpha value is -1.44. The van der Waals surface area contributed by atoms with Crippen molar-refractivity contribution in [3.05, 3.63) is 34.6 Å². The van der Waals surface area contributed by atoms with E-state index >= 15 is 0 Å². The highest BCUT2D eigenvalue weighted by Crippen LogP contribution is 2.50. The van der Waals surface area contributed by atoms with Crippen LogP contribution in [0, 0.1) is 12.8 Å². The van der Waals surface area contributed by atoms with Gasteiger partial charge in [-0.2, -0.15) is 0 Å². The van der Waals surface area contributed by atoms with Crippen molar-refractivity contribution in [2.24, 2.45) is 5.92 Å². The summed E-state index contributed by atoms with van der Waals surface area (Å²) in [6, 6.07) is 0. The van der Waals surface area contributed by atoms with Gasteiger partial charge in [0.05, 0.1) is 11.0 Å². The van der Waals surface area contributed by atoms with E-state index in [4.69, 9.17) is 4.98 Å². The minimum Gasteiger partial charge on any atom is -0.253 e. The van der Waals surface area contributed by atoms with E-state index in [2.05, 4.69) is 25.8 Å². The molecule has 0 aliphatic heterocycles. The summed E-state index contributed by atoms with van der Waals surface area (Å²) >= 11 is 0. The Bertz CT molecular complexity index is 689. The first-order valence-corrected chi connectivity index (χ1v) is 7.94. The molecule has 1 aromatic heterocycles. The van der Waals surface area contributed by atoms with Crippen molar-refractivity contribution in [1.82, 2.24) is 9.97 Å². The summed E-state index contributed by atoms with van der Waals surface area (Å²) in [5.41, 5.74) is 8.49. The monoisotopic (exact) mass is 266 g/mol. The summed E-state index contributed by atoms with van der Waals surface area (Å²) in [6.45, 7) is 7.05. The Kier molecular flexibility index (Phi) is 2.63. The fourth-order valence-electron chi connectivity index (χ4n) is 4.55. The second-order valence-electron chi connectivity index (χ2n) is 6.79. The van der Waals surface area contributed by atoms with Gasteiger partial charge in [0.15, 0.2) is 0 Å². The zero-order valence-electron chi connectivity index (χ0n) is 12.6. The number of rotatable bonds is 0. The third kappa shape index (κ3) is 1.51. The molecule has 0 fully saturated rings. The Morgan fingerprint density at radius 2 is 1.70 bits per heavy atom. The zero-order chi connectivity index (χ0) is 13.9. The minimum absolute atomic E-state index is 0.630. The molecule has 2 aliphatic carbocycles. The number of nitrogens with zero attached hydrogens (tertiary/aromatic N) is 2. The van der Waals surface area contributed by atoms with E-state index < -0.39 is 0 Å². The van der Waals surface area contributed by atoms with Crippen molar-refractivity contribution in [1.29, 1.82) is 0 Å². The van der Waals surface area contributed by atoms with Gasteiger partial charge >= 0.3 is 0 Å². The van der Waals surface area contributed by atoms with Gasteiger partial charge in [-0.05, 0) is 72.6 Å². The second kappa shape index (κ2) is 4.28. The highest BCUT2D eigenvalue weighted by molar-refractivity contribution is 5.85. The summed E-state index contributed by atoms with van der Waals surface area (Å²) < 4.78 is 0. The van der Waals surface area contributed by atoms with Crippen LogP contribution < -0.4 is 0 Å². The fourth-order valence-corrected chi connectivity index (χ4v) is 4.55. The number of aryl methyl sites for hydroxylation is 1. The van der Waals surface area contributed by atoms with Crippen molar-refractivity contribution >= 4 is 11.0 Å².